The van der Waals surface area contributed by atoms with E-state index in [1.807, 2.05) is 6.92 Å². The molecule has 0 saturated heterocycles. The Bertz CT molecular complexity index is 124. The summed E-state index contributed by atoms with van der Waals surface area (Å²) in [5.41, 5.74) is 0. The second-order valence-electron chi connectivity index (χ2n) is 3.71. The fourth-order valence-electron chi connectivity index (χ4n) is 1.65. The zero-order valence-corrected chi connectivity index (χ0v) is 8.82. The van der Waals surface area contributed by atoms with Crippen LogP contribution in [0.15, 0.2) is 0 Å². The summed E-state index contributed by atoms with van der Waals surface area (Å²) < 4.78 is 14.3. The van der Waals surface area contributed by atoms with E-state index in [0.29, 0.717) is 6.04 Å². The minimum Gasteiger partial charge on any atom is -0.598 e. The van der Waals surface area contributed by atoms with E-state index >= 15 is 0 Å². The zero-order chi connectivity index (χ0) is 8.97. The van der Waals surface area contributed by atoms with Crippen LogP contribution in [-0.2, 0) is 11.4 Å². The van der Waals surface area contributed by atoms with E-state index in [1.165, 1.54) is 25.7 Å². The molecule has 0 amide bonds. The van der Waals surface area contributed by atoms with Crippen molar-refractivity contribution in [3.8, 4) is 0 Å². The third-order valence-corrected chi connectivity index (χ3v) is 3.70. The van der Waals surface area contributed by atoms with E-state index in [-0.39, 0.29) is 0 Å². The Morgan fingerprint density at radius 2 is 1.92 bits per heavy atom. The number of hydrogen-bond donors (Lipinski definition) is 1. The lowest BCUT2D eigenvalue weighted by Gasteiger charge is -2.26. The average Bonchev–Trinajstić information content (AvgIpc) is 2.09. The Kier molecular flexibility index (Phi) is 4.40. The predicted molar refractivity (Wildman–Crippen MR) is 53.2 cm³/mol. The maximum Gasteiger partial charge on any atom is 0.122 e. The van der Waals surface area contributed by atoms with Gasteiger partial charge in [0.1, 0.15) is 5.75 Å². The van der Waals surface area contributed by atoms with Crippen molar-refractivity contribution < 1.29 is 4.55 Å². The van der Waals surface area contributed by atoms with Gasteiger partial charge in [0.2, 0.25) is 0 Å². The lowest BCUT2D eigenvalue weighted by molar-refractivity contribution is 0.332. The minimum atomic E-state index is -0.786. The van der Waals surface area contributed by atoms with Crippen LogP contribution in [0, 0.1) is 5.92 Å². The van der Waals surface area contributed by atoms with Crippen molar-refractivity contribution in [3.05, 3.63) is 0 Å². The Morgan fingerprint density at radius 3 is 2.42 bits per heavy atom. The van der Waals surface area contributed by atoms with E-state index in [4.69, 9.17) is 0 Å². The van der Waals surface area contributed by atoms with E-state index in [2.05, 4.69) is 11.6 Å². The molecule has 2 nitrogen and oxygen atoms in total. The lowest BCUT2D eigenvalue weighted by atomic mass is 9.88. The van der Waals surface area contributed by atoms with Gasteiger partial charge in [0.25, 0.3) is 0 Å². The van der Waals surface area contributed by atoms with E-state index < -0.39 is 11.4 Å². The summed E-state index contributed by atoms with van der Waals surface area (Å²) in [5, 5.41) is 0. The molecule has 3 heteroatoms. The summed E-state index contributed by atoms with van der Waals surface area (Å²) in [6.07, 6.45) is 4.98. The van der Waals surface area contributed by atoms with Gasteiger partial charge in [-0.25, -0.2) is 0 Å². The molecule has 1 saturated carbocycles. The van der Waals surface area contributed by atoms with Crippen LogP contribution in [0.3, 0.4) is 0 Å². The van der Waals surface area contributed by atoms with Crippen molar-refractivity contribution in [3.63, 3.8) is 0 Å². The molecule has 1 unspecified atom stereocenters. The van der Waals surface area contributed by atoms with Crippen molar-refractivity contribution >= 4 is 11.4 Å². The van der Waals surface area contributed by atoms with Crippen molar-refractivity contribution in [2.24, 2.45) is 5.92 Å². The van der Waals surface area contributed by atoms with Crippen LogP contribution in [0.2, 0.25) is 0 Å². The molecule has 72 valence electrons. The predicted octanol–water partition coefficient (Wildman–Crippen LogP) is 1.84. The maximum atomic E-state index is 11.2. The van der Waals surface area contributed by atoms with Gasteiger partial charge in [0, 0.05) is 11.4 Å². The highest BCUT2D eigenvalue weighted by Gasteiger charge is 2.21. The first-order valence-corrected chi connectivity index (χ1v) is 6.18. The van der Waals surface area contributed by atoms with E-state index in [1.54, 1.807) is 0 Å². The molecule has 1 aliphatic rings. The van der Waals surface area contributed by atoms with Gasteiger partial charge >= 0.3 is 0 Å². The largest absolute Gasteiger partial charge is 0.598 e. The second-order valence-corrected chi connectivity index (χ2v) is 5.21. The van der Waals surface area contributed by atoms with Crippen molar-refractivity contribution in [2.45, 2.75) is 45.6 Å². The molecule has 0 heterocycles. The Morgan fingerprint density at radius 1 is 1.33 bits per heavy atom. The molecule has 1 atom stereocenters. The van der Waals surface area contributed by atoms with Crippen LogP contribution in [0.4, 0.5) is 0 Å². The normalized spacial score (nSPS) is 33.2. The number of nitrogens with one attached hydrogen (secondary N) is 1. The van der Waals surface area contributed by atoms with Gasteiger partial charge in [-0.2, -0.15) is 0 Å². The summed E-state index contributed by atoms with van der Waals surface area (Å²) >= 11 is -0.786. The highest BCUT2D eigenvalue weighted by atomic mass is 32.2. The molecule has 1 N–H and O–H groups in total. The van der Waals surface area contributed by atoms with Crippen molar-refractivity contribution in [1.82, 2.24) is 4.72 Å². The first-order chi connectivity index (χ1) is 5.72. The average molecular weight is 189 g/mol. The molecule has 0 aromatic heterocycles. The van der Waals surface area contributed by atoms with Gasteiger partial charge in [-0.1, -0.05) is 6.92 Å². The first-order valence-electron chi connectivity index (χ1n) is 4.87. The molecule has 12 heavy (non-hydrogen) atoms. The minimum absolute atomic E-state index is 0.516. The van der Waals surface area contributed by atoms with Crippen molar-refractivity contribution in [1.29, 1.82) is 0 Å². The topological polar surface area (TPSA) is 35.1 Å². The van der Waals surface area contributed by atoms with Gasteiger partial charge in [0.05, 0.1) is 6.04 Å². The van der Waals surface area contributed by atoms with Crippen LogP contribution in [-0.4, -0.2) is 16.3 Å². The van der Waals surface area contributed by atoms with E-state index in [0.717, 1.165) is 11.7 Å². The molecule has 0 aromatic rings. The monoisotopic (exact) mass is 189 g/mol. The highest BCUT2D eigenvalue weighted by molar-refractivity contribution is 7.89. The summed E-state index contributed by atoms with van der Waals surface area (Å²) in [7, 11) is 0. The first kappa shape index (κ1) is 10.4. The molecule has 0 radical (unpaired) electrons. The van der Waals surface area contributed by atoms with Gasteiger partial charge in [-0.3, -0.25) is 0 Å². The zero-order valence-electron chi connectivity index (χ0n) is 8.01. The summed E-state index contributed by atoms with van der Waals surface area (Å²) in [4.78, 5) is 0. The highest BCUT2D eigenvalue weighted by Crippen LogP contribution is 2.23. The van der Waals surface area contributed by atoms with Gasteiger partial charge < -0.3 is 4.55 Å². The molecule has 1 fully saturated rings. The smallest absolute Gasteiger partial charge is 0.122 e. The summed E-state index contributed by atoms with van der Waals surface area (Å²) in [6.45, 7) is 4.25. The van der Waals surface area contributed by atoms with Gasteiger partial charge in [-0.05, 0) is 38.5 Å². The Labute approximate surface area is 78.4 Å². The third-order valence-electron chi connectivity index (χ3n) is 2.58. The number of rotatable bonds is 3. The summed E-state index contributed by atoms with van der Waals surface area (Å²) in [6, 6.07) is 0.516. The van der Waals surface area contributed by atoms with Crippen LogP contribution < -0.4 is 4.72 Å². The molecule has 0 spiro atoms. The molecule has 1 rings (SSSR count). The lowest BCUT2D eigenvalue weighted by Crippen LogP contribution is -2.38. The number of hydrogen-bond acceptors (Lipinski definition) is 2. The third kappa shape index (κ3) is 3.33. The maximum absolute atomic E-state index is 11.2. The fourth-order valence-corrected chi connectivity index (χ4v) is 2.42. The quantitative estimate of drug-likeness (QED) is 0.688. The molecule has 1 aliphatic carbocycles. The molecular weight excluding hydrogens is 170 g/mol. The van der Waals surface area contributed by atoms with Crippen molar-refractivity contribution in [2.75, 3.05) is 5.75 Å². The SMILES string of the molecule is CC[S+]([O-])NC1CCC(C)CC1. The van der Waals surface area contributed by atoms with Gasteiger partial charge in [0.15, 0.2) is 0 Å². The summed E-state index contributed by atoms with van der Waals surface area (Å²) in [5.74, 6) is 1.60. The Hall–Kier alpha value is 0.270. The molecule has 0 aromatic carbocycles. The van der Waals surface area contributed by atoms with Crippen LogP contribution in [0.25, 0.3) is 0 Å². The second kappa shape index (κ2) is 5.10. The fraction of sp³-hybridized carbons (Fsp3) is 1.00. The van der Waals surface area contributed by atoms with Crippen LogP contribution >= 0.6 is 0 Å². The Balaban J connectivity index is 2.17. The molecule has 0 aliphatic heterocycles. The standard InChI is InChI=1S/C9H19NOS/c1-3-12(11)10-9-6-4-8(2)5-7-9/h8-10H,3-7H2,1-2H3. The van der Waals surface area contributed by atoms with Crippen LogP contribution in [0.1, 0.15) is 39.5 Å². The molecular formula is C9H19NOS. The molecule has 0 bridgehead atoms. The van der Waals surface area contributed by atoms with Gasteiger partial charge in [-0.15, -0.1) is 4.72 Å². The van der Waals surface area contributed by atoms with Crippen LogP contribution in [0.5, 0.6) is 0 Å². The van der Waals surface area contributed by atoms with E-state index in [9.17, 15) is 4.55 Å².